The minimum Gasteiger partial charge on any atom is -0.361 e. The van der Waals surface area contributed by atoms with Crippen LogP contribution in [0.5, 0.6) is 0 Å². The van der Waals surface area contributed by atoms with Crippen LogP contribution in [0, 0.1) is 20.8 Å². The summed E-state index contributed by atoms with van der Waals surface area (Å²) >= 11 is 0. The number of nitrogens with zero attached hydrogens (tertiary/aromatic N) is 3. The zero-order valence-corrected chi connectivity index (χ0v) is 14.7. The molecule has 0 fully saturated rings. The maximum absolute atomic E-state index is 12.5. The van der Waals surface area contributed by atoms with Crippen molar-refractivity contribution in [2.45, 2.75) is 38.3 Å². The molecule has 0 bridgehead atoms. The van der Waals surface area contributed by atoms with Crippen LogP contribution in [0.3, 0.4) is 0 Å². The summed E-state index contributed by atoms with van der Waals surface area (Å²) < 4.78 is 32.9. The van der Waals surface area contributed by atoms with Gasteiger partial charge in [-0.05, 0) is 32.4 Å². The molecule has 1 atom stereocenters. The maximum atomic E-state index is 12.5. The Kier molecular flexibility index (Phi) is 4.42. The summed E-state index contributed by atoms with van der Waals surface area (Å²) in [5.41, 5.74) is 2.52. The molecule has 1 aromatic heterocycles. The predicted molar refractivity (Wildman–Crippen MR) is 90.2 cm³/mol. The predicted octanol–water partition coefficient (Wildman–Crippen LogP) is 1.75. The number of hydrazone groups is 1. The normalized spacial score (nSPS) is 17.6. The van der Waals surface area contributed by atoms with Crippen molar-refractivity contribution in [2.75, 3.05) is 6.54 Å². The number of benzene rings is 1. The number of hydrogen-bond acceptors (Lipinski definition) is 6. The van der Waals surface area contributed by atoms with Gasteiger partial charge in [-0.25, -0.2) is 13.1 Å². The van der Waals surface area contributed by atoms with Crippen molar-refractivity contribution in [3.8, 4) is 0 Å². The first-order chi connectivity index (χ1) is 11.4. The van der Waals surface area contributed by atoms with Gasteiger partial charge < -0.3 is 4.52 Å². The van der Waals surface area contributed by atoms with Crippen LogP contribution in [0.4, 0.5) is 0 Å². The van der Waals surface area contributed by atoms with Crippen molar-refractivity contribution in [3.63, 3.8) is 0 Å². The first-order valence-corrected chi connectivity index (χ1v) is 9.14. The van der Waals surface area contributed by atoms with Crippen molar-refractivity contribution in [3.05, 3.63) is 46.8 Å². The fraction of sp³-hybridized carbons (Fsp3) is 0.375. The highest BCUT2D eigenvalue weighted by molar-refractivity contribution is 7.89. The van der Waals surface area contributed by atoms with Crippen molar-refractivity contribution in [2.24, 2.45) is 5.10 Å². The van der Waals surface area contributed by atoms with E-state index in [1.165, 1.54) is 0 Å². The number of rotatable bonds is 5. The van der Waals surface area contributed by atoms with Crippen LogP contribution in [-0.4, -0.2) is 37.4 Å². The number of hydrogen-bond donors (Lipinski definition) is 1. The molecule has 0 saturated heterocycles. The Morgan fingerprint density at radius 1 is 1.29 bits per heavy atom. The number of aromatic nitrogens is 1. The standard InChI is InChI=1S/C16H20N4O3S/c1-11-6-4-5-7-16(11)24(21,22)19-14-8-17-20(9-14)10-15-12(2)18-23-13(15)3/h4-8,14,19H,9-10H2,1-3H3. The Bertz CT molecular complexity index is 854. The van der Waals surface area contributed by atoms with E-state index in [1.54, 1.807) is 36.3 Å². The molecule has 2 heterocycles. The molecule has 0 spiro atoms. The van der Waals surface area contributed by atoms with Crippen LogP contribution in [0.1, 0.15) is 22.6 Å². The molecule has 0 aliphatic carbocycles. The molecule has 1 N–H and O–H groups in total. The van der Waals surface area contributed by atoms with Gasteiger partial charge in [-0.2, -0.15) is 5.10 Å². The summed E-state index contributed by atoms with van der Waals surface area (Å²) in [6.07, 6.45) is 1.62. The lowest BCUT2D eigenvalue weighted by molar-refractivity contribution is 0.295. The SMILES string of the molecule is Cc1ccccc1S(=O)(=O)NC1C=NN(Cc2c(C)noc2C)C1. The molecule has 0 radical (unpaired) electrons. The van der Waals surface area contributed by atoms with E-state index >= 15 is 0 Å². The molecule has 0 saturated carbocycles. The quantitative estimate of drug-likeness (QED) is 0.889. The summed E-state index contributed by atoms with van der Waals surface area (Å²) in [7, 11) is -3.57. The van der Waals surface area contributed by atoms with Crippen molar-refractivity contribution < 1.29 is 12.9 Å². The largest absolute Gasteiger partial charge is 0.361 e. The lowest BCUT2D eigenvalue weighted by Gasteiger charge is -2.17. The first kappa shape index (κ1) is 16.7. The second kappa shape index (κ2) is 6.37. The van der Waals surface area contributed by atoms with Crippen LogP contribution in [-0.2, 0) is 16.6 Å². The Morgan fingerprint density at radius 3 is 2.71 bits per heavy atom. The van der Waals surface area contributed by atoms with Gasteiger partial charge in [0, 0.05) is 11.8 Å². The molecule has 3 rings (SSSR count). The highest BCUT2D eigenvalue weighted by atomic mass is 32.2. The average Bonchev–Trinajstić information content (AvgIpc) is 3.08. The summed E-state index contributed by atoms with van der Waals surface area (Å²) in [5.74, 6) is 0.756. The summed E-state index contributed by atoms with van der Waals surface area (Å²) in [6, 6.07) is 6.55. The zero-order chi connectivity index (χ0) is 17.3. The van der Waals surface area contributed by atoms with Gasteiger partial charge in [0.25, 0.3) is 0 Å². The highest BCUT2D eigenvalue weighted by Crippen LogP contribution is 2.18. The third kappa shape index (κ3) is 3.34. The molecule has 2 aromatic rings. The second-order valence-electron chi connectivity index (χ2n) is 5.91. The van der Waals surface area contributed by atoms with Gasteiger partial charge in [0.15, 0.2) is 0 Å². The molecule has 1 aliphatic rings. The van der Waals surface area contributed by atoms with Gasteiger partial charge in [-0.1, -0.05) is 23.4 Å². The van der Waals surface area contributed by atoms with Gasteiger partial charge >= 0.3 is 0 Å². The summed E-state index contributed by atoms with van der Waals surface area (Å²) in [4.78, 5) is 0.294. The summed E-state index contributed by atoms with van der Waals surface area (Å²) in [6.45, 7) is 6.52. The fourth-order valence-corrected chi connectivity index (χ4v) is 4.11. The average molecular weight is 348 g/mol. The van der Waals surface area contributed by atoms with E-state index in [2.05, 4.69) is 15.0 Å². The molecular formula is C16H20N4O3S. The van der Waals surface area contributed by atoms with E-state index in [9.17, 15) is 8.42 Å². The van der Waals surface area contributed by atoms with E-state index in [1.807, 2.05) is 19.9 Å². The number of nitrogens with one attached hydrogen (secondary N) is 1. The minimum atomic E-state index is -3.57. The fourth-order valence-electron chi connectivity index (χ4n) is 2.70. The lowest BCUT2D eigenvalue weighted by Crippen LogP contribution is -2.39. The topological polar surface area (TPSA) is 87.8 Å². The van der Waals surface area contributed by atoms with Crippen LogP contribution in [0.15, 0.2) is 38.8 Å². The molecule has 0 amide bonds. The Hall–Kier alpha value is -2.19. The van der Waals surface area contributed by atoms with Crippen LogP contribution in [0.2, 0.25) is 0 Å². The molecule has 1 aromatic carbocycles. The first-order valence-electron chi connectivity index (χ1n) is 7.65. The number of aryl methyl sites for hydroxylation is 3. The Labute approximate surface area is 141 Å². The third-order valence-electron chi connectivity index (χ3n) is 4.03. The third-order valence-corrected chi connectivity index (χ3v) is 5.68. The van der Waals surface area contributed by atoms with Gasteiger partial charge in [-0.3, -0.25) is 5.01 Å². The monoisotopic (exact) mass is 348 g/mol. The lowest BCUT2D eigenvalue weighted by atomic mass is 10.2. The smallest absolute Gasteiger partial charge is 0.241 e. The molecule has 128 valence electrons. The Balaban J connectivity index is 1.67. The molecule has 7 nitrogen and oxygen atoms in total. The van der Waals surface area contributed by atoms with Gasteiger partial charge in [0.2, 0.25) is 10.0 Å². The maximum Gasteiger partial charge on any atom is 0.241 e. The van der Waals surface area contributed by atoms with Gasteiger partial charge in [0.1, 0.15) is 5.76 Å². The summed E-state index contributed by atoms with van der Waals surface area (Å²) in [5, 5.41) is 10.0. The van der Waals surface area contributed by atoms with E-state index in [-0.39, 0.29) is 6.04 Å². The van der Waals surface area contributed by atoms with Crippen molar-refractivity contribution in [1.29, 1.82) is 0 Å². The molecule has 24 heavy (non-hydrogen) atoms. The van der Waals surface area contributed by atoms with Gasteiger partial charge in [-0.15, -0.1) is 0 Å². The van der Waals surface area contributed by atoms with Crippen molar-refractivity contribution in [1.82, 2.24) is 14.9 Å². The highest BCUT2D eigenvalue weighted by Gasteiger charge is 2.26. The zero-order valence-electron chi connectivity index (χ0n) is 13.9. The van der Waals surface area contributed by atoms with Crippen LogP contribution < -0.4 is 4.72 Å². The molecule has 1 unspecified atom stereocenters. The van der Waals surface area contributed by atoms with Gasteiger partial charge in [0.05, 0.1) is 29.7 Å². The molecule has 8 heteroatoms. The van der Waals surface area contributed by atoms with Crippen LogP contribution >= 0.6 is 0 Å². The van der Waals surface area contributed by atoms with E-state index in [0.29, 0.717) is 23.5 Å². The van der Waals surface area contributed by atoms with E-state index < -0.39 is 10.0 Å². The van der Waals surface area contributed by atoms with Crippen molar-refractivity contribution >= 4 is 16.2 Å². The van der Waals surface area contributed by atoms with Crippen LogP contribution in [0.25, 0.3) is 0 Å². The molecule has 1 aliphatic heterocycles. The van der Waals surface area contributed by atoms with E-state index in [4.69, 9.17) is 4.52 Å². The minimum absolute atomic E-state index is 0.294. The second-order valence-corrected chi connectivity index (χ2v) is 7.59. The Morgan fingerprint density at radius 2 is 2.04 bits per heavy atom. The van der Waals surface area contributed by atoms with E-state index in [0.717, 1.165) is 17.0 Å². The number of sulfonamides is 1. The molecular weight excluding hydrogens is 328 g/mol.